The smallest absolute Gasteiger partial charge is 0.0819 e. The molecule has 1 rings (SSSR count). The van der Waals surface area contributed by atoms with Crippen LogP contribution in [0.25, 0.3) is 0 Å². The Balaban J connectivity index is 2.73. The van der Waals surface area contributed by atoms with Crippen LogP contribution in [0.3, 0.4) is 0 Å². The molecule has 4 heteroatoms. The minimum Gasteiger partial charge on any atom is -0.396 e. The van der Waals surface area contributed by atoms with Crippen molar-refractivity contribution in [2.75, 3.05) is 19.8 Å². The van der Waals surface area contributed by atoms with Crippen LogP contribution in [0.5, 0.6) is 0 Å². The lowest BCUT2D eigenvalue weighted by atomic mass is 9.88. The van der Waals surface area contributed by atoms with Crippen LogP contribution >= 0.6 is 0 Å². The Morgan fingerprint density at radius 3 is 2.13 bits per heavy atom. The number of rotatable bonds is 5. The zero-order chi connectivity index (χ0) is 11.3. The zero-order valence-electron chi connectivity index (χ0n) is 8.62. The molecule has 1 aliphatic rings. The molecule has 4 nitrogen and oxygen atoms in total. The van der Waals surface area contributed by atoms with Gasteiger partial charge < -0.3 is 20.1 Å². The van der Waals surface area contributed by atoms with Crippen LogP contribution in [0.15, 0.2) is 24.8 Å². The third-order valence-corrected chi connectivity index (χ3v) is 2.79. The van der Waals surface area contributed by atoms with Crippen molar-refractivity contribution < 1.29 is 20.1 Å². The molecule has 1 saturated heterocycles. The third kappa shape index (κ3) is 2.66. The fourth-order valence-electron chi connectivity index (χ4n) is 1.96. The molecule has 0 radical (unpaired) electrons. The fraction of sp³-hybridized carbons (Fsp3) is 0.636. The van der Waals surface area contributed by atoms with Crippen molar-refractivity contribution in [2.45, 2.75) is 12.2 Å². The van der Waals surface area contributed by atoms with E-state index in [4.69, 9.17) is 9.84 Å². The first-order chi connectivity index (χ1) is 7.28. The van der Waals surface area contributed by atoms with Gasteiger partial charge in [0, 0.05) is 25.0 Å². The number of aliphatic hydroxyl groups excluding tert-OH is 3. The lowest BCUT2D eigenvalue weighted by Gasteiger charge is -2.17. The van der Waals surface area contributed by atoms with E-state index in [0.717, 1.165) is 0 Å². The van der Waals surface area contributed by atoms with Gasteiger partial charge >= 0.3 is 0 Å². The quantitative estimate of drug-likeness (QED) is 0.550. The first kappa shape index (κ1) is 12.4. The first-order valence-corrected chi connectivity index (χ1v) is 5.05. The molecule has 1 heterocycles. The van der Waals surface area contributed by atoms with Gasteiger partial charge in [0.05, 0.1) is 18.8 Å². The summed E-state index contributed by atoms with van der Waals surface area (Å²) < 4.78 is 5.58. The second kappa shape index (κ2) is 6.02. The number of hydrogen-bond donors (Lipinski definition) is 3. The molecule has 0 spiro atoms. The van der Waals surface area contributed by atoms with Crippen molar-refractivity contribution in [3.8, 4) is 0 Å². The predicted molar refractivity (Wildman–Crippen MR) is 56.2 cm³/mol. The van der Waals surface area contributed by atoms with Crippen molar-refractivity contribution in [3.63, 3.8) is 0 Å². The molecule has 3 N–H and O–H groups in total. The molecule has 1 fully saturated rings. The van der Waals surface area contributed by atoms with Gasteiger partial charge in [0.2, 0.25) is 0 Å². The zero-order valence-corrected chi connectivity index (χ0v) is 8.62. The minimum atomic E-state index is -0.262. The predicted octanol–water partition coefficient (Wildman–Crippen LogP) is -0.295. The Kier molecular flexibility index (Phi) is 4.98. The largest absolute Gasteiger partial charge is 0.396 e. The molecule has 0 aromatic carbocycles. The van der Waals surface area contributed by atoms with Crippen molar-refractivity contribution in [1.29, 1.82) is 0 Å². The van der Waals surface area contributed by atoms with E-state index in [9.17, 15) is 10.2 Å². The Bertz CT molecular complexity index is 227. The molecular weight excluding hydrogens is 196 g/mol. The topological polar surface area (TPSA) is 69.9 Å². The van der Waals surface area contributed by atoms with E-state index in [1.165, 1.54) is 0 Å². The maximum atomic E-state index is 9.23. The summed E-state index contributed by atoms with van der Waals surface area (Å²) in [6, 6.07) is 0. The van der Waals surface area contributed by atoms with Gasteiger partial charge in [-0.1, -0.05) is 18.2 Å². The molecule has 0 bridgehead atoms. The normalized spacial score (nSPS) is 36.2. The van der Waals surface area contributed by atoms with Gasteiger partial charge in [0.25, 0.3) is 0 Å². The molecular formula is C11H18O4. The molecule has 15 heavy (non-hydrogen) atoms. The van der Waals surface area contributed by atoms with Crippen molar-refractivity contribution >= 4 is 0 Å². The van der Waals surface area contributed by atoms with Crippen LogP contribution in [-0.4, -0.2) is 47.3 Å². The van der Waals surface area contributed by atoms with Gasteiger partial charge in [-0.15, -0.1) is 6.58 Å². The summed E-state index contributed by atoms with van der Waals surface area (Å²) in [5.41, 5.74) is 0. The molecule has 86 valence electrons. The standard InChI is InChI=1S/C11H18O4/c1-2-10-8(6-13)9(7-14)11(15-10)4-3-5-12/h2-4,8-14H,1,5-7H2. The van der Waals surface area contributed by atoms with Crippen LogP contribution in [0.1, 0.15) is 0 Å². The van der Waals surface area contributed by atoms with E-state index < -0.39 is 0 Å². The lowest BCUT2D eigenvalue weighted by molar-refractivity contribution is 0.0723. The SMILES string of the molecule is C=CC1OC(C=CCO)C(CO)C1CO. The van der Waals surface area contributed by atoms with E-state index in [1.807, 2.05) is 0 Å². The monoisotopic (exact) mass is 214 g/mol. The fourth-order valence-corrected chi connectivity index (χ4v) is 1.96. The molecule has 4 unspecified atom stereocenters. The highest BCUT2D eigenvalue weighted by molar-refractivity contribution is 5.04. The first-order valence-electron chi connectivity index (χ1n) is 5.05. The maximum absolute atomic E-state index is 9.23. The van der Waals surface area contributed by atoms with Gasteiger partial charge in [0.15, 0.2) is 0 Å². The second-order valence-corrected chi connectivity index (χ2v) is 3.60. The molecule has 4 atom stereocenters. The van der Waals surface area contributed by atoms with Gasteiger partial charge in [-0.2, -0.15) is 0 Å². The molecule has 0 aromatic rings. The van der Waals surface area contributed by atoms with E-state index >= 15 is 0 Å². The summed E-state index contributed by atoms with van der Waals surface area (Å²) in [4.78, 5) is 0. The summed E-state index contributed by atoms with van der Waals surface area (Å²) in [5.74, 6) is -0.262. The Hall–Kier alpha value is -0.680. The Labute approximate surface area is 89.5 Å². The van der Waals surface area contributed by atoms with Gasteiger partial charge in [0.1, 0.15) is 0 Å². The molecule has 0 amide bonds. The van der Waals surface area contributed by atoms with E-state index in [1.54, 1.807) is 18.2 Å². The van der Waals surface area contributed by atoms with Crippen molar-refractivity contribution in [3.05, 3.63) is 24.8 Å². The average molecular weight is 214 g/mol. The molecule has 1 aliphatic heterocycles. The van der Waals surface area contributed by atoms with Gasteiger partial charge in [-0.3, -0.25) is 0 Å². The van der Waals surface area contributed by atoms with E-state index in [0.29, 0.717) is 0 Å². The summed E-state index contributed by atoms with van der Waals surface area (Å²) in [6.07, 6.45) is 4.43. The Morgan fingerprint density at radius 2 is 1.67 bits per heavy atom. The van der Waals surface area contributed by atoms with E-state index in [-0.39, 0.29) is 43.9 Å². The molecule has 0 saturated carbocycles. The molecule has 0 aromatic heterocycles. The van der Waals surface area contributed by atoms with Crippen LogP contribution in [0.4, 0.5) is 0 Å². The van der Waals surface area contributed by atoms with Crippen LogP contribution in [0.2, 0.25) is 0 Å². The second-order valence-electron chi connectivity index (χ2n) is 3.60. The summed E-state index contributed by atoms with van der Waals surface area (Å²) in [5, 5.41) is 27.1. The van der Waals surface area contributed by atoms with Crippen LogP contribution in [-0.2, 0) is 4.74 Å². The van der Waals surface area contributed by atoms with Gasteiger partial charge in [-0.05, 0) is 0 Å². The van der Waals surface area contributed by atoms with Crippen molar-refractivity contribution in [2.24, 2.45) is 11.8 Å². The summed E-state index contributed by atoms with van der Waals surface area (Å²) >= 11 is 0. The van der Waals surface area contributed by atoms with Crippen LogP contribution < -0.4 is 0 Å². The number of ether oxygens (including phenoxy) is 1. The highest BCUT2D eigenvalue weighted by Crippen LogP contribution is 2.33. The maximum Gasteiger partial charge on any atom is 0.0819 e. The lowest BCUT2D eigenvalue weighted by Crippen LogP contribution is -2.27. The number of hydrogen-bond acceptors (Lipinski definition) is 4. The van der Waals surface area contributed by atoms with Crippen molar-refractivity contribution in [1.82, 2.24) is 0 Å². The van der Waals surface area contributed by atoms with E-state index in [2.05, 4.69) is 6.58 Å². The third-order valence-electron chi connectivity index (χ3n) is 2.79. The molecule has 0 aliphatic carbocycles. The highest BCUT2D eigenvalue weighted by Gasteiger charge is 2.40. The van der Waals surface area contributed by atoms with Gasteiger partial charge in [-0.25, -0.2) is 0 Å². The Morgan fingerprint density at radius 1 is 1.07 bits per heavy atom. The summed E-state index contributed by atoms with van der Waals surface area (Å²) in [7, 11) is 0. The summed E-state index contributed by atoms with van der Waals surface area (Å²) in [6.45, 7) is 3.50. The number of aliphatic hydroxyl groups is 3. The average Bonchev–Trinajstić information content (AvgIpc) is 2.62. The van der Waals surface area contributed by atoms with Crippen LogP contribution in [0, 0.1) is 11.8 Å². The highest BCUT2D eigenvalue weighted by atomic mass is 16.5. The minimum absolute atomic E-state index is 0.0363.